The molecule has 1 N–H and O–H groups in total. The summed E-state index contributed by atoms with van der Waals surface area (Å²) in [7, 11) is 0. The van der Waals surface area contributed by atoms with Crippen LogP contribution in [0, 0.1) is 11.3 Å². The van der Waals surface area contributed by atoms with Crippen molar-refractivity contribution in [3.63, 3.8) is 0 Å². The van der Waals surface area contributed by atoms with E-state index in [1.807, 2.05) is 60.7 Å². The van der Waals surface area contributed by atoms with Crippen molar-refractivity contribution in [1.82, 2.24) is 9.97 Å². The Labute approximate surface area is 169 Å². The Bertz CT molecular complexity index is 1280. The summed E-state index contributed by atoms with van der Waals surface area (Å²) in [5.74, 6) is 0.259. The van der Waals surface area contributed by atoms with Crippen molar-refractivity contribution in [3.8, 4) is 17.2 Å². The van der Waals surface area contributed by atoms with E-state index in [1.165, 1.54) is 0 Å². The van der Waals surface area contributed by atoms with Gasteiger partial charge in [0.2, 0.25) is 0 Å². The van der Waals surface area contributed by atoms with Crippen molar-refractivity contribution in [3.05, 3.63) is 99.0 Å². The number of nitrogens with zero attached hydrogens (tertiary/aromatic N) is 2. The molecule has 4 nitrogen and oxygen atoms in total. The number of fused-ring (bicyclic) bond motifs is 1. The number of nitrogens with one attached hydrogen (secondary N) is 1. The maximum absolute atomic E-state index is 12.4. The zero-order valence-electron chi connectivity index (χ0n) is 14.7. The molecule has 4 rings (SSSR count). The van der Waals surface area contributed by atoms with Crippen molar-refractivity contribution in [2.75, 3.05) is 0 Å². The standard InChI is InChI=1S/C23H14BrN3O/c24-19-10-11-21-20(13-19)23(28)27-22(26-21)18(14-25)12-15-6-8-17(9-7-15)16-4-2-1-3-5-16/h1-13H,(H,26,27,28)/b18-12+. The van der Waals surface area contributed by atoms with Gasteiger partial charge in [-0.3, -0.25) is 4.79 Å². The van der Waals surface area contributed by atoms with Crippen LogP contribution in [0.1, 0.15) is 11.4 Å². The smallest absolute Gasteiger partial charge is 0.259 e. The van der Waals surface area contributed by atoms with Crippen molar-refractivity contribution in [2.45, 2.75) is 0 Å². The van der Waals surface area contributed by atoms with Gasteiger partial charge >= 0.3 is 0 Å². The average Bonchev–Trinajstić information content (AvgIpc) is 2.73. The summed E-state index contributed by atoms with van der Waals surface area (Å²) in [6, 6.07) is 25.4. The number of benzene rings is 3. The average molecular weight is 428 g/mol. The first-order chi connectivity index (χ1) is 13.6. The molecule has 134 valence electrons. The minimum atomic E-state index is -0.276. The number of H-pyrrole nitrogens is 1. The van der Waals surface area contributed by atoms with Gasteiger partial charge in [0.25, 0.3) is 5.56 Å². The van der Waals surface area contributed by atoms with Gasteiger partial charge in [-0.2, -0.15) is 5.26 Å². The minimum absolute atomic E-state index is 0.259. The van der Waals surface area contributed by atoms with Crippen molar-refractivity contribution in [1.29, 1.82) is 5.26 Å². The van der Waals surface area contributed by atoms with Crippen LogP contribution >= 0.6 is 15.9 Å². The predicted molar refractivity (Wildman–Crippen MR) is 115 cm³/mol. The Morgan fingerprint density at radius 2 is 1.71 bits per heavy atom. The SMILES string of the molecule is N#C/C(=C\c1ccc(-c2ccccc2)cc1)c1nc2ccc(Br)cc2c(=O)[nH]1. The zero-order chi connectivity index (χ0) is 19.5. The molecule has 0 atom stereocenters. The van der Waals surface area contributed by atoms with Crippen molar-refractivity contribution >= 4 is 38.5 Å². The monoisotopic (exact) mass is 427 g/mol. The highest BCUT2D eigenvalue weighted by atomic mass is 79.9. The topological polar surface area (TPSA) is 69.5 Å². The van der Waals surface area contributed by atoms with E-state index >= 15 is 0 Å². The summed E-state index contributed by atoms with van der Waals surface area (Å²) in [6.07, 6.45) is 1.72. The van der Waals surface area contributed by atoms with Gasteiger partial charge in [-0.15, -0.1) is 0 Å². The molecule has 0 saturated heterocycles. The molecule has 0 saturated carbocycles. The molecule has 28 heavy (non-hydrogen) atoms. The van der Waals surface area contributed by atoms with Gasteiger partial charge in [0, 0.05) is 4.47 Å². The molecule has 0 unspecified atom stereocenters. The van der Waals surface area contributed by atoms with E-state index < -0.39 is 0 Å². The lowest BCUT2D eigenvalue weighted by atomic mass is 10.0. The van der Waals surface area contributed by atoms with Crippen LogP contribution in [-0.4, -0.2) is 9.97 Å². The van der Waals surface area contributed by atoms with Gasteiger partial charge in [-0.05, 0) is 41.0 Å². The lowest BCUT2D eigenvalue weighted by molar-refractivity contribution is 1.13. The molecule has 1 aromatic heterocycles. The third kappa shape index (κ3) is 3.64. The van der Waals surface area contributed by atoms with Gasteiger partial charge in [0.05, 0.1) is 16.5 Å². The number of aromatic amines is 1. The molecule has 0 aliphatic rings. The zero-order valence-corrected chi connectivity index (χ0v) is 16.3. The number of allylic oxidation sites excluding steroid dienone is 1. The van der Waals surface area contributed by atoms with E-state index in [4.69, 9.17) is 0 Å². The van der Waals surface area contributed by atoms with E-state index in [0.717, 1.165) is 21.2 Å². The lowest BCUT2D eigenvalue weighted by Crippen LogP contribution is -2.11. The van der Waals surface area contributed by atoms with Gasteiger partial charge in [-0.25, -0.2) is 4.98 Å². The molecular formula is C23H14BrN3O. The second-order valence-electron chi connectivity index (χ2n) is 6.23. The summed E-state index contributed by atoms with van der Waals surface area (Å²) >= 11 is 3.35. The van der Waals surface area contributed by atoms with Crippen LogP contribution < -0.4 is 5.56 Å². The molecule has 4 aromatic rings. The van der Waals surface area contributed by atoms with Gasteiger partial charge in [0.15, 0.2) is 5.82 Å². The Balaban J connectivity index is 1.72. The number of nitriles is 1. The summed E-state index contributed by atoms with van der Waals surface area (Å²) in [6.45, 7) is 0. The number of halogens is 1. The Morgan fingerprint density at radius 1 is 1.00 bits per heavy atom. The quantitative estimate of drug-likeness (QED) is 0.443. The van der Waals surface area contributed by atoms with Crippen molar-refractivity contribution in [2.24, 2.45) is 0 Å². The first-order valence-corrected chi connectivity index (χ1v) is 9.40. The van der Waals surface area contributed by atoms with Crippen LogP contribution in [-0.2, 0) is 0 Å². The normalized spacial score (nSPS) is 11.4. The van der Waals surface area contributed by atoms with E-state index in [0.29, 0.717) is 16.5 Å². The molecular weight excluding hydrogens is 414 g/mol. The van der Waals surface area contributed by atoms with E-state index in [1.54, 1.807) is 18.2 Å². The molecule has 1 heterocycles. The second-order valence-corrected chi connectivity index (χ2v) is 7.15. The molecule has 0 fully saturated rings. The molecule has 0 spiro atoms. The highest BCUT2D eigenvalue weighted by Gasteiger charge is 2.09. The van der Waals surface area contributed by atoms with Gasteiger partial charge in [-0.1, -0.05) is 70.5 Å². The van der Waals surface area contributed by atoms with Gasteiger partial charge in [0.1, 0.15) is 6.07 Å². The number of hydrogen-bond donors (Lipinski definition) is 1. The third-order valence-corrected chi connectivity index (χ3v) is 4.87. The largest absolute Gasteiger partial charge is 0.305 e. The molecule has 0 radical (unpaired) electrons. The highest BCUT2D eigenvalue weighted by Crippen LogP contribution is 2.22. The first kappa shape index (κ1) is 17.9. The second kappa shape index (κ2) is 7.63. The Morgan fingerprint density at radius 3 is 2.43 bits per heavy atom. The van der Waals surface area contributed by atoms with E-state index in [2.05, 4.69) is 32.0 Å². The van der Waals surface area contributed by atoms with E-state index in [-0.39, 0.29) is 11.4 Å². The molecule has 0 aliphatic heterocycles. The van der Waals surface area contributed by atoms with Crippen LogP contribution in [0.5, 0.6) is 0 Å². The number of hydrogen-bond acceptors (Lipinski definition) is 3. The van der Waals surface area contributed by atoms with Crippen LogP contribution in [0.3, 0.4) is 0 Å². The lowest BCUT2D eigenvalue weighted by Gasteiger charge is -2.04. The minimum Gasteiger partial charge on any atom is -0.305 e. The van der Waals surface area contributed by atoms with Crippen LogP contribution in [0.2, 0.25) is 0 Å². The fourth-order valence-electron chi connectivity index (χ4n) is 2.96. The molecule has 3 aromatic carbocycles. The third-order valence-electron chi connectivity index (χ3n) is 4.37. The summed E-state index contributed by atoms with van der Waals surface area (Å²) in [4.78, 5) is 19.5. The molecule has 5 heteroatoms. The van der Waals surface area contributed by atoms with Crippen LogP contribution in [0.25, 0.3) is 33.7 Å². The highest BCUT2D eigenvalue weighted by molar-refractivity contribution is 9.10. The maximum Gasteiger partial charge on any atom is 0.259 e. The summed E-state index contributed by atoms with van der Waals surface area (Å²) in [5.41, 5.74) is 3.65. The van der Waals surface area contributed by atoms with E-state index in [9.17, 15) is 10.1 Å². The Hall–Kier alpha value is -3.49. The predicted octanol–water partition coefficient (Wildman–Crippen LogP) is 5.42. The maximum atomic E-state index is 12.4. The first-order valence-electron chi connectivity index (χ1n) is 8.61. The van der Waals surface area contributed by atoms with Crippen molar-refractivity contribution < 1.29 is 0 Å². The fraction of sp³-hybridized carbons (Fsp3) is 0. The number of rotatable bonds is 3. The van der Waals surface area contributed by atoms with Crippen LogP contribution in [0.15, 0.2) is 82.1 Å². The molecule has 0 amide bonds. The fourth-order valence-corrected chi connectivity index (χ4v) is 3.32. The molecule has 0 bridgehead atoms. The van der Waals surface area contributed by atoms with Gasteiger partial charge < -0.3 is 4.98 Å². The molecule has 0 aliphatic carbocycles. The summed E-state index contributed by atoms with van der Waals surface area (Å²) < 4.78 is 0.801. The summed E-state index contributed by atoms with van der Waals surface area (Å²) in [5, 5.41) is 10.1. The Kier molecular flexibility index (Phi) is 4.88. The number of aromatic nitrogens is 2. The van der Waals surface area contributed by atoms with Crippen LogP contribution in [0.4, 0.5) is 0 Å².